The van der Waals surface area contributed by atoms with Crippen LogP contribution >= 0.6 is 0 Å². The van der Waals surface area contributed by atoms with Crippen LogP contribution in [-0.4, -0.2) is 28.0 Å². The molecule has 0 aliphatic rings. The Labute approximate surface area is 88.7 Å². The Bertz CT molecular complexity index is 371. The molecule has 0 aliphatic carbocycles. The summed E-state index contributed by atoms with van der Waals surface area (Å²) in [6.45, 7) is 3.63. The molecule has 1 aromatic rings. The predicted octanol–water partition coefficient (Wildman–Crippen LogP) is 1.32. The summed E-state index contributed by atoms with van der Waals surface area (Å²) in [7, 11) is 3.26. The smallest absolute Gasteiger partial charge is 0.311 e. The summed E-state index contributed by atoms with van der Waals surface area (Å²) in [5, 5.41) is 13.2. The summed E-state index contributed by atoms with van der Waals surface area (Å²) in [5.41, 5.74) is 1.39. The lowest BCUT2D eigenvalue weighted by Gasteiger charge is -2.11. The first-order valence-corrected chi connectivity index (χ1v) is 4.83. The zero-order valence-electron chi connectivity index (χ0n) is 9.44. The molecule has 0 aromatic carbocycles. The lowest BCUT2D eigenvalue weighted by atomic mass is 9.97. The molecular formula is C10H16N2O3. The van der Waals surface area contributed by atoms with Crippen LogP contribution in [0.2, 0.25) is 0 Å². The Morgan fingerprint density at radius 3 is 2.67 bits per heavy atom. The normalized spacial score (nSPS) is 12.5. The van der Waals surface area contributed by atoms with Gasteiger partial charge >= 0.3 is 5.97 Å². The van der Waals surface area contributed by atoms with E-state index in [1.165, 1.54) is 7.11 Å². The molecular weight excluding hydrogens is 196 g/mol. The summed E-state index contributed by atoms with van der Waals surface area (Å²) in [6, 6.07) is 0. The number of carboxylic acids is 1. The third-order valence-corrected chi connectivity index (χ3v) is 2.46. The highest BCUT2D eigenvalue weighted by Gasteiger charge is 2.27. The molecule has 0 bridgehead atoms. The minimum atomic E-state index is -0.841. The Kier molecular flexibility index (Phi) is 3.34. The summed E-state index contributed by atoms with van der Waals surface area (Å²) in [4.78, 5) is 11.1. The van der Waals surface area contributed by atoms with Gasteiger partial charge in [-0.05, 0) is 13.3 Å². The zero-order valence-corrected chi connectivity index (χ0v) is 9.44. The van der Waals surface area contributed by atoms with Gasteiger partial charge in [0.15, 0.2) is 0 Å². The van der Waals surface area contributed by atoms with Gasteiger partial charge in [-0.1, -0.05) is 6.92 Å². The highest BCUT2D eigenvalue weighted by Crippen LogP contribution is 2.31. The van der Waals surface area contributed by atoms with Gasteiger partial charge in [-0.15, -0.1) is 0 Å². The highest BCUT2D eigenvalue weighted by molar-refractivity contribution is 5.77. The van der Waals surface area contributed by atoms with Crippen molar-refractivity contribution in [3.05, 3.63) is 11.3 Å². The first-order valence-electron chi connectivity index (χ1n) is 4.83. The molecule has 5 nitrogen and oxygen atoms in total. The largest absolute Gasteiger partial charge is 0.481 e. The van der Waals surface area contributed by atoms with E-state index in [1.807, 2.05) is 6.92 Å². The monoisotopic (exact) mass is 212 g/mol. The Morgan fingerprint density at radius 1 is 1.67 bits per heavy atom. The summed E-state index contributed by atoms with van der Waals surface area (Å²) >= 11 is 0. The minimum absolute atomic E-state index is 0.526. The lowest BCUT2D eigenvalue weighted by molar-refractivity contribution is -0.138. The molecule has 1 aromatic heterocycles. The number of aromatic nitrogens is 2. The van der Waals surface area contributed by atoms with Gasteiger partial charge in [-0.3, -0.25) is 4.79 Å². The number of hydrogen-bond acceptors (Lipinski definition) is 3. The Balaban J connectivity index is 3.27. The van der Waals surface area contributed by atoms with Crippen molar-refractivity contribution in [1.29, 1.82) is 0 Å². The van der Waals surface area contributed by atoms with E-state index in [2.05, 4.69) is 5.10 Å². The second-order valence-corrected chi connectivity index (χ2v) is 3.43. The van der Waals surface area contributed by atoms with Crippen LogP contribution in [-0.2, 0) is 11.8 Å². The number of ether oxygens (including phenoxy) is 1. The molecule has 15 heavy (non-hydrogen) atoms. The predicted molar refractivity (Wildman–Crippen MR) is 55.2 cm³/mol. The topological polar surface area (TPSA) is 64.3 Å². The highest BCUT2D eigenvalue weighted by atomic mass is 16.5. The van der Waals surface area contributed by atoms with Gasteiger partial charge in [-0.25, -0.2) is 4.68 Å². The van der Waals surface area contributed by atoms with E-state index in [0.29, 0.717) is 23.6 Å². The molecule has 1 heterocycles. The van der Waals surface area contributed by atoms with Crippen LogP contribution in [0.25, 0.3) is 0 Å². The molecule has 1 rings (SSSR count). The van der Waals surface area contributed by atoms with Crippen LogP contribution < -0.4 is 4.74 Å². The second-order valence-electron chi connectivity index (χ2n) is 3.43. The minimum Gasteiger partial charge on any atom is -0.481 e. The first kappa shape index (κ1) is 11.6. The van der Waals surface area contributed by atoms with Crippen LogP contribution in [0.15, 0.2) is 0 Å². The van der Waals surface area contributed by atoms with Crippen molar-refractivity contribution in [2.75, 3.05) is 7.11 Å². The number of aliphatic carboxylic acids is 1. The molecule has 0 saturated carbocycles. The van der Waals surface area contributed by atoms with Gasteiger partial charge in [-0.2, -0.15) is 5.10 Å². The summed E-state index contributed by atoms with van der Waals surface area (Å²) < 4.78 is 6.73. The number of carboxylic acid groups (broad SMARTS) is 1. The molecule has 0 spiro atoms. The average Bonchev–Trinajstić information content (AvgIpc) is 2.42. The third-order valence-electron chi connectivity index (χ3n) is 2.46. The standard InChI is InChI=1S/C10H16N2O3/c1-5-7(10(13)14)8-6(2)11-12(3)9(8)15-4/h7H,5H2,1-4H3,(H,13,14). The quantitative estimate of drug-likeness (QED) is 0.817. The van der Waals surface area contributed by atoms with Gasteiger partial charge in [0, 0.05) is 7.05 Å². The number of hydrogen-bond donors (Lipinski definition) is 1. The maximum Gasteiger partial charge on any atom is 0.311 e. The zero-order chi connectivity index (χ0) is 11.6. The van der Waals surface area contributed by atoms with Crippen molar-refractivity contribution in [1.82, 2.24) is 9.78 Å². The van der Waals surface area contributed by atoms with Crippen LogP contribution in [0.4, 0.5) is 0 Å². The SMILES string of the molecule is CCC(C(=O)O)c1c(C)nn(C)c1OC. The van der Waals surface area contributed by atoms with E-state index in [0.717, 1.165) is 0 Å². The molecule has 0 radical (unpaired) electrons. The molecule has 84 valence electrons. The fourth-order valence-corrected chi connectivity index (χ4v) is 1.80. The molecule has 1 atom stereocenters. The van der Waals surface area contributed by atoms with Crippen molar-refractivity contribution >= 4 is 5.97 Å². The van der Waals surface area contributed by atoms with Crippen LogP contribution in [0.5, 0.6) is 5.88 Å². The average molecular weight is 212 g/mol. The number of rotatable bonds is 4. The van der Waals surface area contributed by atoms with E-state index in [4.69, 9.17) is 9.84 Å². The van der Waals surface area contributed by atoms with Gasteiger partial charge < -0.3 is 9.84 Å². The summed E-state index contributed by atoms with van der Waals surface area (Å²) in [5.74, 6) is -0.859. The fraction of sp³-hybridized carbons (Fsp3) is 0.600. The van der Waals surface area contributed by atoms with Gasteiger partial charge in [0.1, 0.15) is 0 Å². The second kappa shape index (κ2) is 4.33. The van der Waals surface area contributed by atoms with Crippen LogP contribution in [0, 0.1) is 6.92 Å². The van der Waals surface area contributed by atoms with Crippen molar-refractivity contribution in [2.45, 2.75) is 26.2 Å². The lowest BCUT2D eigenvalue weighted by Crippen LogP contribution is -2.12. The first-order chi connectivity index (χ1) is 7.02. The van der Waals surface area contributed by atoms with E-state index >= 15 is 0 Å². The molecule has 0 amide bonds. The molecule has 0 aliphatic heterocycles. The number of nitrogens with zero attached hydrogens (tertiary/aromatic N) is 2. The number of aryl methyl sites for hydroxylation is 2. The Hall–Kier alpha value is -1.52. The van der Waals surface area contributed by atoms with Crippen molar-refractivity contribution in [3.8, 4) is 5.88 Å². The summed E-state index contributed by atoms with van der Waals surface area (Å²) in [6.07, 6.45) is 0.526. The molecule has 1 N–H and O–H groups in total. The van der Waals surface area contributed by atoms with E-state index in [9.17, 15) is 4.79 Å². The maximum atomic E-state index is 11.1. The Morgan fingerprint density at radius 2 is 2.27 bits per heavy atom. The van der Waals surface area contributed by atoms with Crippen molar-refractivity contribution < 1.29 is 14.6 Å². The van der Waals surface area contributed by atoms with E-state index < -0.39 is 11.9 Å². The van der Waals surface area contributed by atoms with Crippen molar-refractivity contribution in [3.63, 3.8) is 0 Å². The van der Waals surface area contributed by atoms with Crippen LogP contribution in [0.1, 0.15) is 30.5 Å². The van der Waals surface area contributed by atoms with Crippen LogP contribution in [0.3, 0.4) is 0 Å². The molecule has 1 unspecified atom stereocenters. The van der Waals surface area contributed by atoms with E-state index in [-0.39, 0.29) is 0 Å². The fourth-order valence-electron chi connectivity index (χ4n) is 1.80. The van der Waals surface area contributed by atoms with E-state index in [1.54, 1.807) is 18.7 Å². The molecule has 0 saturated heterocycles. The number of carbonyl (C=O) groups is 1. The van der Waals surface area contributed by atoms with Crippen molar-refractivity contribution in [2.24, 2.45) is 7.05 Å². The third kappa shape index (κ3) is 1.95. The molecule has 0 fully saturated rings. The maximum absolute atomic E-state index is 11.1. The van der Waals surface area contributed by atoms with Gasteiger partial charge in [0.2, 0.25) is 5.88 Å². The van der Waals surface area contributed by atoms with Gasteiger partial charge in [0.05, 0.1) is 24.3 Å². The number of methoxy groups -OCH3 is 1. The molecule has 5 heteroatoms. The van der Waals surface area contributed by atoms with Gasteiger partial charge in [0.25, 0.3) is 0 Å².